The molecular formula is C17H19N3O2S. The van der Waals surface area contributed by atoms with E-state index in [0.29, 0.717) is 19.4 Å². The monoisotopic (exact) mass is 329 g/mol. The molecule has 0 unspecified atom stereocenters. The first-order valence-corrected chi connectivity index (χ1v) is 8.50. The number of nitrogens with zero attached hydrogens (tertiary/aromatic N) is 2. The van der Waals surface area contributed by atoms with Crippen LogP contribution in [-0.2, 0) is 16.1 Å². The van der Waals surface area contributed by atoms with Crippen LogP contribution in [0.5, 0.6) is 0 Å². The van der Waals surface area contributed by atoms with Crippen molar-refractivity contribution in [2.24, 2.45) is 5.92 Å². The van der Waals surface area contributed by atoms with Crippen LogP contribution in [-0.4, -0.2) is 28.7 Å². The lowest BCUT2D eigenvalue weighted by Crippen LogP contribution is -2.45. The number of amides is 2. The molecular weight excluding hydrogens is 310 g/mol. The standard InChI is InChI=1S/C17H19N3O2S/c1-20-15(21)7-6-13(16(20)14-5-3-9-23-14)17(22)19-11-12-4-2-8-18-10-12/h2-5,8-10,13,16H,6-7,11H2,1H3,(H,19,22)/t13-,16-/m1/s1. The summed E-state index contributed by atoms with van der Waals surface area (Å²) in [5, 5.41) is 4.96. The molecule has 0 spiro atoms. The van der Waals surface area contributed by atoms with Gasteiger partial charge in [0.05, 0.1) is 12.0 Å². The van der Waals surface area contributed by atoms with Gasteiger partial charge in [0.2, 0.25) is 11.8 Å². The molecule has 0 radical (unpaired) electrons. The molecule has 2 atom stereocenters. The van der Waals surface area contributed by atoms with Gasteiger partial charge in [0, 0.05) is 37.3 Å². The number of pyridine rings is 1. The smallest absolute Gasteiger partial charge is 0.225 e. The molecule has 1 aliphatic heterocycles. The molecule has 120 valence electrons. The van der Waals surface area contributed by atoms with Crippen molar-refractivity contribution in [2.45, 2.75) is 25.4 Å². The molecule has 2 aromatic rings. The number of aromatic nitrogens is 1. The van der Waals surface area contributed by atoms with Crippen LogP contribution in [0.15, 0.2) is 42.0 Å². The topological polar surface area (TPSA) is 62.3 Å². The molecule has 0 saturated carbocycles. The minimum absolute atomic E-state index is 0.00777. The third kappa shape index (κ3) is 3.42. The Labute approximate surface area is 139 Å². The fourth-order valence-electron chi connectivity index (χ4n) is 2.98. The lowest BCUT2D eigenvalue weighted by Gasteiger charge is -2.37. The summed E-state index contributed by atoms with van der Waals surface area (Å²) < 4.78 is 0. The zero-order chi connectivity index (χ0) is 16.2. The number of hydrogen-bond acceptors (Lipinski definition) is 4. The SMILES string of the molecule is CN1C(=O)CC[C@@H](C(=O)NCc2cccnc2)[C@@H]1c1cccs1. The summed E-state index contributed by atoms with van der Waals surface area (Å²) in [4.78, 5) is 31.5. The van der Waals surface area contributed by atoms with E-state index in [1.165, 1.54) is 0 Å². The van der Waals surface area contributed by atoms with Crippen molar-refractivity contribution in [3.05, 3.63) is 52.5 Å². The maximum atomic E-state index is 12.7. The summed E-state index contributed by atoms with van der Waals surface area (Å²) in [6.45, 7) is 0.456. The normalized spacial score (nSPS) is 21.3. The summed E-state index contributed by atoms with van der Waals surface area (Å²) >= 11 is 1.59. The van der Waals surface area contributed by atoms with Crippen LogP contribution in [0.25, 0.3) is 0 Å². The second kappa shape index (κ2) is 6.91. The van der Waals surface area contributed by atoms with Gasteiger partial charge >= 0.3 is 0 Å². The summed E-state index contributed by atoms with van der Waals surface area (Å²) in [5.41, 5.74) is 0.966. The Morgan fingerprint density at radius 2 is 2.30 bits per heavy atom. The predicted octanol–water partition coefficient (Wildman–Crippen LogP) is 2.37. The molecule has 2 amide bonds. The molecule has 5 nitrogen and oxygen atoms in total. The predicted molar refractivity (Wildman–Crippen MR) is 88.6 cm³/mol. The Kier molecular flexibility index (Phi) is 4.71. The summed E-state index contributed by atoms with van der Waals surface area (Å²) in [5.74, 6) is -0.126. The molecule has 0 aliphatic carbocycles. The molecule has 1 fully saturated rings. The Bertz CT molecular complexity index is 672. The van der Waals surface area contributed by atoms with Crippen LogP contribution >= 0.6 is 11.3 Å². The van der Waals surface area contributed by atoms with Crippen molar-refractivity contribution >= 4 is 23.2 Å². The van der Waals surface area contributed by atoms with Gasteiger partial charge in [0.15, 0.2) is 0 Å². The molecule has 3 rings (SSSR count). The maximum Gasteiger partial charge on any atom is 0.225 e. The van der Waals surface area contributed by atoms with Gasteiger partial charge in [-0.15, -0.1) is 11.3 Å². The molecule has 0 aromatic carbocycles. The third-order valence-electron chi connectivity index (χ3n) is 4.22. The van der Waals surface area contributed by atoms with Crippen LogP contribution in [0, 0.1) is 5.92 Å². The van der Waals surface area contributed by atoms with E-state index >= 15 is 0 Å². The van der Waals surface area contributed by atoms with Gasteiger partial charge < -0.3 is 10.2 Å². The second-order valence-electron chi connectivity index (χ2n) is 5.69. The third-order valence-corrected chi connectivity index (χ3v) is 5.16. The fraction of sp³-hybridized carbons (Fsp3) is 0.353. The zero-order valence-electron chi connectivity index (χ0n) is 12.9. The van der Waals surface area contributed by atoms with Crippen molar-refractivity contribution < 1.29 is 9.59 Å². The Balaban J connectivity index is 1.73. The molecule has 1 saturated heterocycles. The highest BCUT2D eigenvalue weighted by molar-refractivity contribution is 7.10. The van der Waals surface area contributed by atoms with E-state index in [1.807, 2.05) is 29.6 Å². The second-order valence-corrected chi connectivity index (χ2v) is 6.67. The van der Waals surface area contributed by atoms with Gasteiger partial charge in [0.1, 0.15) is 0 Å². The van der Waals surface area contributed by atoms with Crippen molar-refractivity contribution in [3.8, 4) is 0 Å². The molecule has 2 aromatic heterocycles. The zero-order valence-corrected chi connectivity index (χ0v) is 13.8. The molecule has 3 heterocycles. The van der Waals surface area contributed by atoms with Crippen LogP contribution in [0.1, 0.15) is 29.3 Å². The molecule has 6 heteroatoms. The highest BCUT2D eigenvalue weighted by Crippen LogP contribution is 2.37. The molecule has 1 N–H and O–H groups in total. The van der Waals surface area contributed by atoms with E-state index in [-0.39, 0.29) is 23.8 Å². The van der Waals surface area contributed by atoms with E-state index in [2.05, 4.69) is 10.3 Å². The number of nitrogens with one attached hydrogen (secondary N) is 1. The van der Waals surface area contributed by atoms with Crippen LogP contribution in [0.4, 0.5) is 0 Å². The van der Waals surface area contributed by atoms with E-state index < -0.39 is 0 Å². The lowest BCUT2D eigenvalue weighted by atomic mass is 9.87. The van der Waals surface area contributed by atoms with Gasteiger partial charge in [0.25, 0.3) is 0 Å². The number of rotatable bonds is 4. The maximum absolute atomic E-state index is 12.7. The first kappa shape index (κ1) is 15.7. The first-order valence-electron chi connectivity index (χ1n) is 7.62. The van der Waals surface area contributed by atoms with Crippen molar-refractivity contribution in [2.75, 3.05) is 7.05 Å². The van der Waals surface area contributed by atoms with Crippen LogP contribution in [0.2, 0.25) is 0 Å². The quantitative estimate of drug-likeness (QED) is 0.937. The van der Waals surface area contributed by atoms with Gasteiger partial charge in [-0.3, -0.25) is 14.6 Å². The van der Waals surface area contributed by atoms with Crippen molar-refractivity contribution in [1.29, 1.82) is 0 Å². The van der Waals surface area contributed by atoms with E-state index in [4.69, 9.17) is 0 Å². The average molecular weight is 329 g/mol. The molecule has 23 heavy (non-hydrogen) atoms. The Hall–Kier alpha value is -2.21. The molecule has 0 bridgehead atoms. The number of likely N-dealkylation sites (tertiary alicyclic amines) is 1. The summed E-state index contributed by atoms with van der Waals surface area (Å²) in [6.07, 6.45) is 4.46. The Morgan fingerprint density at radius 1 is 1.43 bits per heavy atom. The van der Waals surface area contributed by atoms with E-state index in [1.54, 1.807) is 35.7 Å². The average Bonchev–Trinajstić information content (AvgIpc) is 3.10. The summed E-state index contributed by atoms with van der Waals surface area (Å²) in [6, 6.07) is 7.55. The molecule has 1 aliphatic rings. The van der Waals surface area contributed by atoms with E-state index in [0.717, 1.165) is 10.4 Å². The van der Waals surface area contributed by atoms with Crippen molar-refractivity contribution in [1.82, 2.24) is 15.2 Å². The number of piperidine rings is 1. The van der Waals surface area contributed by atoms with Gasteiger partial charge in [-0.25, -0.2) is 0 Å². The number of thiophene rings is 1. The fourth-order valence-corrected chi connectivity index (χ4v) is 3.92. The highest BCUT2D eigenvalue weighted by Gasteiger charge is 2.39. The number of carbonyl (C=O) groups is 2. The highest BCUT2D eigenvalue weighted by atomic mass is 32.1. The van der Waals surface area contributed by atoms with E-state index in [9.17, 15) is 9.59 Å². The Morgan fingerprint density at radius 3 is 3.00 bits per heavy atom. The van der Waals surface area contributed by atoms with Gasteiger partial charge in [-0.05, 0) is 29.5 Å². The minimum Gasteiger partial charge on any atom is -0.352 e. The van der Waals surface area contributed by atoms with Crippen LogP contribution < -0.4 is 5.32 Å². The number of hydrogen-bond donors (Lipinski definition) is 1. The largest absolute Gasteiger partial charge is 0.352 e. The van der Waals surface area contributed by atoms with Gasteiger partial charge in [-0.1, -0.05) is 12.1 Å². The van der Waals surface area contributed by atoms with Gasteiger partial charge in [-0.2, -0.15) is 0 Å². The van der Waals surface area contributed by atoms with Crippen LogP contribution in [0.3, 0.4) is 0 Å². The lowest BCUT2D eigenvalue weighted by molar-refractivity contribution is -0.141. The van der Waals surface area contributed by atoms with Crippen molar-refractivity contribution in [3.63, 3.8) is 0 Å². The minimum atomic E-state index is -0.215. The number of carbonyl (C=O) groups excluding carboxylic acids is 2. The summed E-state index contributed by atoms with van der Waals surface area (Å²) in [7, 11) is 1.78. The first-order chi connectivity index (χ1) is 11.2.